The van der Waals surface area contributed by atoms with Gasteiger partial charge in [0.1, 0.15) is 5.82 Å². The molecule has 0 aliphatic carbocycles. The fourth-order valence-corrected chi connectivity index (χ4v) is 2.67. The Labute approximate surface area is 163 Å². The topological polar surface area (TPSA) is 90.1 Å². The maximum atomic E-state index is 12.7. The predicted octanol–water partition coefficient (Wildman–Crippen LogP) is 4.64. The summed E-state index contributed by atoms with van der Waals surface area (Å²) >= 11 is 0. The lowest BCUT2D eigenvalue weighted by atomic mass is 9.92. The van der Waals surface area contributed by atoms with Crippen LogP contribution in [0.3, 0.4) is 0 Å². The largest absolute Gasteiger partial charge is 0.306 e. The van der Waals surface area contributed by atoms with Crippen LogP contribution in [-0.2, 0) is 5.41 Å². The average molecular weight is 378 g/mol. The third-order valence-corrected chi connectivity index (χ3v) is 4.32. The second-order valence-corrected chi connectivity index (χ2v) is 7.67. The van der Waals surface area contributed by atoms with Gasteiger partial charge in [-0.2, -0.15) is 5.10 Å². The van der Waals surface area contributed by atoms with Crippen LogP contribution in [0, 0.1) is 17.0 Å². The summed E-state index contributed by atoms with van der Waals surface area (Å²) in [5.41, 5.74) is 2.63. The first kappa shape index (κ1) is 19.3. The van der Waals surface area contributed by atoms with Crippen molar-refractivity contribution in [2.75, 3.05) is 5.32 Å². The van der Waals surface area contributed by atoms with E-state index in [1.165, 1.54) is 18.2 Å². The van der Waals surface area contributed by atoms with Crippen molar-refractivity contribution < 1.29 is 9.72 Å². The van der Waals surface area contributed by atoms with Crippen molar-refractivity contribution in [3.8, 4) is 5.69 Å². The summed E-state index contributed by atoms with van der Waals surface area (Å²) in [4.78, 5) is 23.2. The molecule has 1 aromatic heterocycles. The molecule has 1 N–H and O–H groups in total. The number of aryl methyl sites for hydroxylation is 1. The summed E-state index contributed by atoms with van der Waals surface area (Å²) in [7, 11) is 0. The maximum Gasteiger partial charge on any atom is 0.270 e. The Kier molecular flexibility index (Phi) is 5.00. The Bertz CT molecular complexity index is 1030. The Hall–Kier alpha value is -3.48. The molecule has 0 bridgehead atoms. The van der Waals surface area contributed by atoms with Gasteiger partial charge in [0.05, 0.1) is 16.3 Å². The van der Waals surface area contributed by atoms with E-state index in [0.29, 0.717) is 5.82 Å². The first-order valence-corrected chi connectivity index (χ1v) is 8.88. The Morgan fingerprint density at radius 3 is 2.39 bits per heavy atom. The minimum absolute atomic E-state index is 0.130. The van der Waals surface area contributed by atoms with Gasteiger partial charge in [0.25, 0.3) is 11.6 Å². The van der Waals surface area contributed by atoms with Crippen molar-refractivity contribution in [2.24, 2.45) is 0 Å². The first-order chi connectivity index (χ1) is 13.1. The highest BCUT2D eigenvalue weighted by Crippen LogP contribution is 2.27. The quantitative estimate of drug-likeness (QED) is 0.529. The van der Waals surface area contributed by atoms with E-state index in [1.54, 1.807) is 10.7 Å². The molecule has 0 aliphatic rings. The number of nitrogens with one attached hydrogen (secondary N) is 1. The molecule has 0 unspecified atom stereocenters. The molecule has 1 heterocycles. The summed E-state index contributed by atoms with van der Waals surface area (Å²) in [6, 6.07) is 15.3. The number of carbonyl (C=O) groups is 1. The van der Waals surface area contributed by atoms with E-state index in [9.17, 15) is 14.9 Å². The van der Waals surface area contributed by atoms with Gasteiger partial charge in [-0.25, -0.2) is 4.68 Å². The summed E-state index contributed by atoms with van der Waals surface area (Å²) in [5.74, 6) is 0.0719. The molecule has 7 nitrogen and oxygen atoms in total. The molecular weight excluding hydrogens is 356 g/mol. The molecule has 0 fully saturated rings. The number of rotatable bonds is 4. The van der Waals surface area contributed by atoms with Gasteiger partial charge in [-0.3, -0.25) is 14.9 Å². The zero-order chi connectivity index (χ0) is 20.5. The molecule has 0 atom stereocenters. The van der Waals surface area contributed by atoms with Gasteiger partial charge in [0, 0.05) is 29.2 Å². The molecule has 28 heavy (non-hydrogen) atoms. The summed E-state index contributed by atoms with van der Waals surface area (Å²) in [6.07, 6.45) is 0. The number of nitrogens with zero attached hydrogens (tertiary/aromatic N) is 3. The highest BCUT2D eigenvalue weighted by atomic mass is 16.6. The van der Waals surface area contributed by atoms with Gasteiger partial charge in [-0.1, -0.05) is 44.5 Å². The molecule has 144 valence electrons. The fourth-order valence-electron chi connectivity index (χ4n) is 2.67. The van der Waals surface area contributed by atoms with Gasteiger partial charge in [0.15, 0.2) is 0 Å². The van der Waals surface area contributed by atoms with E-state index >= 15 is 0 Å². The van der Waals surface area contributed by atoms with Gasteiger partial charge >= 0.3 is 0 Å². The molecule has 3 rings (SSSR count). The minimum Gasteiger partial charge on any atom is -0.306 e. The third-order valence-electron chi connectivity index (χ3n) is 4.32. The van der Waals surface area contributed by atoms with Crippen LogP contribution in [0.15, 0.2) is 54.6 Å². The molecule has 0 spiro atoms. The minimum atomic E-state index is -0.523. The zero-order valence-electron chi connectivity index (χ0n) is 16.3. The number of non-ortho nitro benzene ring substituents is 1. The number of nitro benzene ring substituents is 1. The fraction of sp³-hybridized carbons (Fsp3) is 0.238. The van der Waals surface area contributed by atoms with Crippen LogP contribution < -0.4 is 5.32 Å². The third kappa shape index (κ3) is 4.09. The molecule has 7 heteroatoms. The van der Waals surface area contributed by atoms with Crippen molar-refractivity contribution in [1.29, 1.82) is 0 Å². The van der Waals surface area contributed by atoms with Crippen LogP contribution in [0.25, 0.3) is 5.69 Å². The van der Waals surface area contributed by atoms with E-state index < -0.39 is 10.8 Å². The summed E-state index contributed by atoms with van der Waals surface area (Å²) in [5, 5.41) is 18.5. The SMILES string of the molecule is Cc1ccc(-n2nc(C(C)(C)C)cc2NC(=O)c2cccc([N+](=O)[O-])c2)cc1. The number of aromatic nitrogens is 2. The first-order valence-electron chi connectivity index (χ1n) is 8.88. The Balaban J connectivity index is 1.99. The Morgan fingerprint density at radius 2 is 1.79 bits per heavy atom. The Morgan fingerprint density at radius 1 is 1.11 bits per heavy atom. The lowest BCUT2D eigenvalue weighted by Gasteiger charge is -2.14. The number of amides is 1. The molecule has 3 aromatic rings. The molecule has 0 aliphatic heterocycles. The van der Waals surface area contributed by atoms with Crippen LogP contribution in [-0.4, -0.2) is 20.6 Å². The highest BCUT2D eigenvalue weighted by Gasteiger charge is 2.22. The number of hydrogen-bond acceptors (Lipinski definition) is 4. The number of nitro groups is 1. The lowest BCUT2D eigenvalue weighted by molar-refractivity contribution is -0.384. The normalized spacial score (nSPS) is 11.3. The van der Waals surface area contributed by atoms with Crippen molar-refractivity contribution >= 4 is 17.4 Å². The molecule has 0 radical (unpaired) electrons. The molecular formula is C21H22N4O3. The van der Waals surface area contributed by atoms with E-state index in [-0.39, 0.29) is 16.7 Å². The van der Waals surface area contributed by atoms with Crippen LogP contribution in [0.1, 0.15) is 42.4 Å². The van der Waals surface area contributed by atoms with Gasteiger partial charge in [-0.15, -0.1) is 0 Å². The zero-order valence-corrected chi connectivity index (χ0v) is 16.3. The predicted molar refractivity (Wildman–Crippen MR) is 108 cm³/mol. The lowest BCUT2D eigenvalue weighted by Crippen LogP contribution is -2.15. The number of benzene rings is 2. The van der Waals surface area contributed by atoms with Crippen molar-refractivity contribution in [3.63, 3.8) is 0 Å². The van der Waals surface area contributed by atoms with Gasteiger partial charge in [-0.05, 0) is 25.1 Å². The molecule has 0 saturated heterocycles. The van der Waals surface area contributed by atoms with Crippen LogP contribution >= 0.6 is 0 Å². The highest BCUT2D eigenvalue weighted by molar-refractivity contribution is 6.04. The van der Waals surface area contributed by atoms with Crippen LogP contribution in [0.4, 0.5) is 11.5 Å². The van der Waals surface area contributed by atoms with E-state index in [2.05, 4.69) is 10.4 Å². The molecule has 2 aromatic carbocycles. The van der Waals surface area contributed by atoms with Gasteiger partial charge < -0.3 is 5.32 Å². The average Bonchev–Trinajstić information content (AvgIpc) is 3.06. The smallest absolute Gasteiger partial charge is 0.270 e. The number of carbonyl (C=O) groups excluding carboxylic acids is 1. The number of anilines is 1. The summed E-state index contributed by atoms with van der Waals surface area (Å²) < 4.78 is 1.68. The van der Waals surface area contributed by atoms with Crippen LogP contribution in [0.5, 0.6) is 0 Å². The summed E-state index contributed by atoms with van der Waals surface area (Å²) in [6.45, 7) is 8.13. The van der Waals surface area contributed by atoms with Gasteiger partial charge in [0.2, 0.25) is 0 Å². The molecule has 0 saturated carbocycles. The molecule has 1 amide bonds. The maximum absolute atomic E-state index is 12.7. The monoisotopic (exact) mass is 378 g/mol. The standard InChI is InChI=1S/C21H22N4O3/c1-14-8-10-16(11-9-14)24-19(13-18(23-24)21(2,3)4)22-20(26)15-6-5-7-17(12-15)25(27)28/h5-13H,1-4H3,(H,22,26). The van der Waals surface area contributed by atoms with Crippen molar-refractivity contribution in [2.45, 2.75) is 33.1 Å². The second-order valence-electron chi connectivity index (χ2n) is 7.67. The second kappa shape index (κ2) is 7.26. The van der Waals surface area contributed by atoms with Crippen LogP contribution in [0.2, 0.25) is 0 Å². The van der Waals surface area contributed by atoms with E-state index in [0.717, 1.165) is 16.9 Å². The van der Waals surface area contributed by atoms with E-state index in [4.69, 9.17) is 0 Å². The van der Waals surface area contributed by atoms with Crippen molar-refractivity contribution in [1.82, 2.24) is 9.78 Å². The van der Waals surface area contributed by atoms with Crippen molar-refractivity contribution in [3.05, 3.63) is 81.5 Å². The number of hydrogen-bond donors (Lipinski definition) is 1. The van der Waals surface area contributed by atoms with E-state index in [1.807, 2.05) is 58.0 Å².